The molecule has 2 atom stereocenters. The maximum atomic E-state index is 10.5. The molecule has 0 bridgehead atoms. The van der Waals surface area contributed by atoms with Crippen molar-refractivity contribution in [3.63, 3.8) is 0 Å². The number of nitrogens with zero attached hydrogens (tertiary/aromatic N) is 3. The third kappa shape index (κ3) is 4.78. The molecule has 0 radical (unpaired) electrons. The van der Waals surface area contributed by atoms with Gasteiger partial charge in [0.25, 0.3) is 0 Å². The SMILES string of the molecule is N#Cc1ccc(C(O)CN2CCCC(CN3CCOCC3)C2)cc1. The number of benzene rings is 1. The lowest BCUT2D eigenvalue weighted by molar-refractivity contribution is 0.0187. The number of likely N-dealkylation sites (tertiary alicyclic amines) is 1. The fraction of sp³-hybridized carbons (Fsp3) is 0.632. The number of ether oxygens (including phenoxy) is 1. The van der Waals surface area contributed by atoms with Crippen LogP contribution in [-0.4, -0.2) is 67.4 Å². The van der Waals surface area contributed by atoms with Crippen molar-refractivity contribution >= 4 is 0 Å². The second kappa shape index (κ2) is 8.59. The minimum atomic E-state index is -0.486. The predicted molar refractivity (Wildman–Crippen MR) is 92.5 cm³/mol. The Bertz CT molecular complexity index is 549. The number of aliphatic hydroxyl groups excluding tert-OH is 1. The van der Waals surface area contributed by atoms with Crippen LogP contribution in [0.15, 0.2) is 24.3 Å². The van der Waals surface area contributed by atoms with Crippen molar-refractivity contribution in [2.75, 3.05) is 52.5 Å². The first-order valence-corrected chi connectivity index (χ1v) is 8.95. The molecule has 0 spiro atoms. The molecule has 1 aromatic carbocycles. The van der Waals surface area contributed by atoms with Crippen molar-refractivity contribution in [2.24, 2.45) is 5.92 Å². The predicted octanol–water partition coefficient (Wildman–Crippen LogP) is 1.64. The van der Waals surface area contributed by atoms with Gasteiger partial charge in [-0.25, -0.2) is 0 Å². The Labute approximate surface area is 144 Å². The largest absolute Gasteiger partial charge is 0.387 e. The first-order valence-electron chi connectivity index (χ1n) is 8.95. The van der Waals surface area contributed by atoms with Gasteiger partial charge in [0.15, 0.2) is 0 Å². The van der Waals surface area contributed by atoms with Gasteiger partial charge in [-0.15, -0.1) is 0 Å². The van der Waals surface area contributed by atoms with E-state index < -0.39 is 6.10 Å². The highest BCUT2D eigenvalue weighted by atomic mass is 16.5. The van der Waals surface area contributed by atoms with Crippen molar-refractivity contribution < 1.29 is 9.84 Å². The Morgan fingerprint density at radius 3 is 2.62 bits per heavy atom. The van der Waals surface area contributed by atoms with E-state index >= 15 is 0 Å². The molecule has 5 heteroatoms. The summed E-state index contributed by atoms with van der Waals surface area (Å²) in [5, 5.41) is 19.4. The lowest BCUT2D eigenvalue weighted by atomic mass is 9.96. The molecule has 0 saturated carbocycles. The van der Waals surface area contributed by atoms with E-state index in [0.29, 0.717) is 18.0 Å². The zero-order chi connectivity index (χ0) is 16.8. The summed E-state index contributed by atoms with van der Waals surface area (Å²) in [6, 6.07) is 9.38. The lowest BCUT2D eigenvalue weighted by Gasteiger charge is -2.37. The van der Waals surface area contributed by atoms with Crippen LogP contribution in [0.25, 0.3) is 0 Å². The average Bonchev–Trinajstić information content (AvgIpc) is 2.63. The number of β-amino-alcohol motifs (C(OH)–C–C–N with tert-alkyl or cyclic N) is 1. The van der Waals surface area contributed by atoms with E-state index in [4.69, 9.17) is 10.00 Å². The molecular weight excluding hydrogens is 302 g/mol. The molecular formula is C19H27N3O2. The monoisotopic (exact) mass is 329 g/mol. The summed E-state index contributed by atoms with van der Waals surface area (Å²) in [5.41, 5.74) is 1.53. The maximum absolute atomic E-state index is 10.5. The zero-order valence-corrected chi connectivity index (χ0v) is 14.2. The summed E-state index contributed by atoms with van der Waals surface area (Å²) in [6.45, 7) is 7.74. The topological polar surface area (TPSA) is 59.7 Å². The summed E-state index contributed by atoms with van der Waals surface area (Å²) >= 11 is 0. The van der Waals surface area contributed by atoms with Crippen molar-refractivity contribution in [3.8, 4) is 6.07 Å². The van der Waals surface area contributed by atoms with Gasteiger partial charge < -0.3 is 14.7 Å². The fourth-order valence-corrected chi connectivity index (χ4v) is 3.74. The van der Waals surface area contributed by atoms with Crippen LogP contribution >= 0.6 is 0 Å². The third-order valence-electron chi connectivity index (χ3n) is 5.08. The smallest absolute Gasteiger partial charge is 0.0991 e. The van der Waals surface area contributed by atoms with Gasteiger partial charge in [-0.05, 0) is 43.0 Å². The number of aliphatic hydroxyl groups is 1. The van der Waals surface area contributed by atoms with Crippen LogP contribution in [0.2, 0.25) is 0 Å². The molecule has 2 aliphatic rings. The summed E-state index contributed by atoms with van der Waals surface area (Å²) in [6.07, 6.45) is 2.00. The highest BCUT2D eigenvalue weighted by molar-refractivity contribution is 5.32. The Balaban J connectivity index is 1.49. The van der Waals surface area contributed by atoms with Crippen LogP contribution < -0.4 is 0 Å². The number of nitriles is 1. The molecule has 2 saturated heterocycles. The van der Waals surface area contributed by atoms with Gasteiger partial charge in [0.05, 0.1) is 31.0 Å². The van der Waals surface area contributed by atoms with Gasteiger partial charge in [-0.3, -0.25) is 4.90 Å². The molecule has 2 heterocycles. The average molecular weight is 329 g/mol. The maximum Gasteiger partial charge on any atom is 0.0991 e. The lowest BCUT2D eigenvalue weighted by Crippen LogP contribution is -2.45. The summed E-state index contributed by atoms with van der Waals surface area (Å²) in [7, 11) is 0. The molecule has 1 N–H and O–H groups in total. The summed E-state index contributed by atoms with van der Waals surface area (Å²) in [4.78, 5) is 4.90. The Morgan fingerprint density at radius 2 is 1.92 bits per heavy atom. The molecule has 5 nitrogen and oxygen atoms in total. The van der Waals surface area contributed by atoms with Crippen LogP contribution in [0, 0.1) is 17.2 Å². The van der Waals surface area contributed by atoms with Crippen molar-refractivity contribution in [1.29, 1.82) is 5.26 Å². The molecule has 3 rings (SSSR count). The molecule has 0 amide bonds. The molecule has 2 unspecified atom stereocenters. The van der Waals surface area contributed by atoms with E-state index in [1.807, 2.05) is 12.1 Å². The number of morpholine rings is 1. The number of piperidine rings is 1. The second-order valence-corrected chi connectivity index (χ2v) is 6.93. The first kappa shape index (κ1) is 17.4. The molecule has 0 aromatic heterocycles. The molecule has 130 valence electrons. The van der Waals surface area contributed by atoms with Gasteiger partial charge in [0.2, 0.25) is 0 Å². The van der Waals surface area contributed by atoms with Crippen LogP contribution in [-0.2, 0) is 4.74 Å². The summed E-state index contributed by atoms with van der Waals surface area (Å²) < 4.78 is 5.42. The van der Waals surface area contributed by atoms with E-state index in [2.05, 4.69) is 15.9 Å². The van der Waals surface area contributed by atoms with E-state index in [1.54, 1.807) is 12.1 Å². The molecule has 24 heavy (non-hydrogen) atoms. The van der Waals surface area contributed by atoms with Crippen LogP contribution in [0.4, 0.5) is 0 Å². The fourth-order valence-electron chi connectivity index (χ4n) is 3.74. The minimum Gasteiger partial charge on any atom is -0.387 e. The number of rotatable bonds is 5. The Hall–Kier alpha value is -1.45. The Morgan fingerprint density at radius 1 is 1.17 bits per heavy atom. The van der Waals surface area contributed by atoms with Gasteiger partial charge in [-0.2, -0.15) is 5.26 Å². The molecule has 1 aromatic rings. The quantitative estimate of drug-likeness (QED) is 0.890. The van der Waals surface area contributed by atoms with Crippen LogP contribution in [0.3, 0.4) is 0 Å². The zero-order valence-electron chi connectivity index (χ0n) is 14.2. The number of hydrogen-bond acceptors (Lipinski definition) is 5. The van der Waals surface area contributed by atoms with E-state index in [1.165, 1.54) is 12.8 Å². The Kier molecular flexibility index (Phi) is 6.22. The van der Waals surface area contributed by atoms with E-state index in [0.717, 1.165) is 51.5 Å². The molecule has 2 aliphatic heterocycles. The second-order valence-electron chi connectivity index (χ2n) is 6.93. The third-order valence-corrected chi connectivity index (χ3v) is 5.08. The van der Waals surface area contributed by atoms with Gasteiger partial charge in [-0.1, -0.05) is 12.1 Å². The minimum absolute atomic E-state index is 0.486. The van der Waals surface area contributed by atoms with Gasteiger partial charge in [0.1, 0.15) is 0 Å². The first-order chi connectivity index (χ1) is 11.7. The van der Waals surface area contributed by atoms with Gasteiger partial charge >= 0.3 is 0 Å². The van der Waals surface area contributed by atoms with Crippen molar-refractivity contribution in [2.45, 2.75) is 18.9 Å². The highest BCUT2D eigenvalue weighted by Crippen LogP contribution is 2.22. The van der Waals surface area contributed by atoms with Gasteiger partial charge in [0, 0.05) is 32.7 Å². The standard InChI is InChI=1S/C19H27N3O2/c20-12-16-3-5-18(6-4-16)19(23)15-22-7-1-2-17(14-22)13-21-8-10-24-11-9-21/h3-6,17,19,23H,1-2,7-11,13-15H2. The normalized spacial score (nSPS) is 24.4. The van der Waals surface area contributed by atoms with Crippen molar-refractivity contribution in [1.82, 2.24) is 9.80 Å². The highest BCUT2D eigenvalue weighted by Gasteiger charge is 2.24. The van der Waals surface area contributed by atoms with E-state index in [-0.39, 0.29) is 0 Å². The number of hydrogen-bond donors (Lipinski definition) is 1. The van der Waals surface area contributed by atoms with Crippen molar-refractivity contribution in [3.05, 3.63) is 35.4 Å². The van der Waals surface area contributed by atoms with Crippen LogP contribution in [0.5, 0.6) is 0 Å². The molecule has 2 fully saturated rings. The summed E-state index contributed by atoms with van der Waals surface area (Å²) in [5.74, 6) is 0.685. The van der Waals surface area contributed by atoms with E-state index in [9.17, 15) is 5.11 Å². The van der Waals surface area contributed by atoms with Crippen LogP contribution in [0.1, 0.15) is 30.1 Å². The molecule has 0 aliphatic carbocycles.